The van der Waals surface area contributed by atoms with Crippen LogP contribution in [0.4, 0.5) is 0 Å². The summed E-state index contributed by atoms with van der Waals surface area (Å²) in [4.78, 5) is 22.4. The van der Waals surface area contributed by atoms with Crippen LogP contribution in [-0.2, 0) is 14.3 Å². The van der Waals surface area contributed by atoms with Gasteiger partial charge >= 0.3 is 5.97 Å². The maximum absolute atomic E-state index is 11.6. The van der Waals surface area contributed by atoms with E-state index in [-0.39, 0.29) is 11.9 Å². The first kappa shape index (κ1) is 14.9. The van der Waals surface area contributed by atoms with E-state index >= 15 is 0 Å². The van der Waals surface area contributed by atoms with Crippen molar-refractivity contribution in [2.24, 2.45) is 11.8 Å². The smallest absolute Gasteiger partial charge is 0.307 e. The maximum Gasteiger partial charge on any atom is 0.307 e. The molecule has 0 fully saturated rings. The molecule has 0 saturated heterocycles. The zero-order chi connectivity index (χ0) is 12.7. The molecular formula is C11H21NO4. The van der Waals surface area contributed by atoms with E-state index in [1.54, 1.807) is 14.0 Å². The van der Waals surface area contributed by atoms with Gasteiger partial charge in [0, 0.05) is 25.7 Å². The Balaban J connectivity index is 4.09. The Bertz CT molecular complexity index is 242. The molecular weight excluding hydrogens is 210 g/mol. The molecule has 0 aliphatic carbocycles. The molecule has 0 saturated carbocycles. The number of methoxy groups -OCH3 is 1. The van der Waals surface area contributed by atoms with Crippen LogP contribution in [0.3, 0.4) is 0 Å². The molecule has 0 aliphatic heterocycles. The van der Waals surface area contributed by atoms with Crippen LogP contribution in [0.5, 0.6) is 0 Å². The van der Waals surface area contributed by atoms with Gasteiger partial charge in [0.15, 0.2) is 0 Å². The number of aliphatic carboxylic acids is 1. The van der Waals surface area contributed by atoms with Crippen LogP contribution in [0.25, 0.3) is 0 Å². The Morgan fingerprint density at radius 3 is 2.25 bits per heavy atom. The molecule has 5 heteroatoms. The summed E-state index contributed by atoms with van der Waals surface area (Å²) in [5.74, 6) is -2.37. The Morgan fingerprint density at radius 2 is 1.81 bits per heavy atom. The minimum absolute atomic E-state index is 0.00380. The van der Waals surface area contributed by atoms with Crippen molar-refractivity contribution in [3.8, 4) is 0 Å². The van der Waals surface area contributed by atoms with E-state index in [1.165, 1.54) is 6.92 Å². The van der Waals surface area contributed by atoms with E-state index in [4.69, 9.17) is 9.84 Å². The summed E-state index contributed by atoms with van der Waals surface area (Å²) in [6.45, 7) is 5.60. The van der Waals surface area contributed by atoms with Crippen molar-refractivity contribution < 1.29 is 19.4 Å². The average molecular weight is 231 g/mol. The lowest BCUT2D eigenvalue weighted by Gasteiger charge is -2.19. The van der Waals surface area contributed by atoms with Crippen LogP contribution in [-0.4, -0.2) is 36.7 Å². The van der Waals surface area contributed by atoms with Crippen LogP contribution in [0.2, 0.25) is 0 Å². The third-order valence-corrected chi connectivity index (χ3v) is 2.70. The molecule has 3 atom stereocenters. The molecule has 0 aliphatic rings. The van der Waals surface area contributed by atoms with Crippen molar-refractivity contribution in [3.05, 3.63) is 0 Å². The van der Waals surface area contributed by atoms with Crippen LogP contribution >= 0.6 is 0 Å². The summed E-state index contributed by atoms with van der Waals surface area (Å²) in [6, 6.07) is -0.00380. The highest BCUT2D eigenvalue weighted by molar-refractivity contribution is 5.84. The Hall–Kier alpha value is -1.10. The Morgan fingerprint density at radius 1 is 1.25 bits per heavy atom. The molecule has 0 bridgehead atoms. The van der Waals surface area contributed by atoms with Gasteiger partial charge in [-0.25, -0.2) is 0 Å². The van der Waals surface area contributed by atoms with Crippen molar-refractivity contribution in [1.82, 2.24) is 5.32 Å². The monoisotopic (exact) mass is 231 g/mol. The van der Waals surface area contributed by atoms with Gasteiger partial charge in [-0.1, -0.05) is 13.8 Å². The molecule has 94 valence electrons. The van der Waals surface area contributed by atoms with Crippen LogP contribution in [0, 0.1) is 11.8 Å². The van der Waals surface area contributed by atoms with Crippen LogP contribution in [0.15, 0.2) is 0 Å². The van der Waals surface area contributed by atoms with Gasteiger partial charge in [-0.3, -0.25) is 9.59 Å². The van der Waals surface area contributed by atoms with Gasteiger partial charge in [0.2, 0.25) is 5.91 Å². The number of carbonyl (C=O) groups excluding carboxylic acids is 1. The van der Waals surface area contributed by atoms with E-state index < -0.39 is 17.8 Å². The summed E-state index contributed by atoms with van der Waals surface area (Å²) in [5.41, 5.74) is 0. The molecule has 0 aromatic rings. The Kier molecular flexibility index (Phi) is 6.72. The lowest BCUT2D eigenvalue weighted by atomic mass is 9.95. The van der Waals surface area contributed by atoms with Crippen molar-refractivity contribution >= 4 is 11.9 Å². The van der Waals surface area contributed by atoms with Crippen molar-refractivity contribution in [2.45, 2.75) is 33.2 Å². The van der Waals surface area contributed by atoms with Crippen LogP contribution in [0.1, 0.15) is 27.2 Å². The summed E-state index contributed by atoms with van der Waals surface area (Å²) >= 11 is 0. The number of carboxylic acid groups (broad SMARTS) is 1. The van der Waals surface area contributed by atoms with Gasteiger partial charge in [-0.15, -0.1) is 0 Å². The number of hydrogen-bond acceptors (Lipinski definition) is 3. The maximum atomic E-state index is 11.6. The molecule has 5 nitrogen and oxygen atoms in total. The third-order valence-electron chi connectivity index (χ3n) is 2.70. The second-order valence-electron chi connectivity index (χ2n) is 4.11. The third kappa shape index (κ3) is 5.11. The molecule has 16 heavy (non-hydrogen) atoms. The van der Waals surface area contributed by atoms with Gasteiger partial charge in [0.05, 0.1) is 5.92 Å². The number of carbonyl (C=O) groups is 2. The quantitative estimate of drug-likeness (QED) is 0.682. The van der Waals surface area contributed by atoms with E-state index in [9.17, 15) is 9.59 Å². The number of ether oxygens (including phenoxy) is 1. The topological polar surface area (TPSA) is 75.6 Å². The summed E-state index contributed by atoms with van der Waals surface area (Å²) in [5, 5.41) is 11.5. The fraction of sp³-hybridized carbons (Fsp3) is 0.818. The molecule has 0 radical (unpaired) electrons. The first-order valence-electron chi connectivity index (χ1n) is 5.42. The van der Waals surface area contributed by atoms with E-state index in [2.05, 4.69) is 5.32 Å². The number of rotatable bonds is 7. The zero-order valence-corrected chi connectivity index (χ0v) is 10.3. The average Bonchev–Trinajstić information content (AvgIpc) is 2.23. The number of carboxylic acids is 1. The predicted octanol–water partition coefficient (Wildman–Crippen LogP) is 0.884. The van der Waals surface area contributed by atoms with Crippen molar-refractivity contribution in [1.29, 1.82) is 0 Å². The fourth-order valence-corrected chi connectivity index (χ4v) is 1.18. The predicted molar refractivity (Wildman–Crippen MR) is 60.1 cm³/mol. The van der Waals surface area contributed by atoms with E-state index in [0.717, 1.165) is 6.42 Å². The zero-order valence-electron chi connectivity index (χ0n) is 10.3. The summed E-state index contributed by atoms with van der Waals surface area (Å²) in [6.07, 6.45) is 0.719. The highest BCUT2D eigenvalue weighted by Gasteiger charge is 2.26. The normalized spacial score (nSPS) is 16.2. The largest absolute Gasteiger partial charge is 0.481 e. The highest BCUT2D eigenvalue weighted by atomic mass is 16.5. The molecule has 3 unspecified atom stereocenters. The number of nitrogens with one attached hydrogen (secondary N) is 1. The van der Waals surface area contributed by atoms with Gasteiger partial charge < -0.3 is 15.2 Å². The van der Waals surface area contributed by atoms with Gasteiger partial charge in [-0.2, -0.15) is 0 Å². The molecule has 2 N–H and O–H groups in total. The highest BCUT2D eigenvalue weighted by Crippen LogP contribution is 2.11. The van der Waals surface area contributed by atoms with Crippen molar-refractivity contribution in [2.75, 3.05) is 13.7 Å². The van der Waals surface area contributed by atoms with E-state index in [1.807, 2.05) is 6.92 Å². The lowest BCUT2D eigenvalue weighted by Crippen LogP contribution is -2.40. The second kappa shape index (κ2) is 7.22. The molecule has 1 amide bonds. The SMILES string of the molecule is COCCC(C)NC(=O)C(C)C(C)C(=O)O. The van der Waals surface area contributed by atoms with Gasteiger partial charge in [0.25, 0.3) is 0 Å². The standard InChI is InChI=1S/C11H21NO4/c1-7(5-6-16-4)12-10(13)8(2)9(3)11(14)15/h7-9H,5-6H2,1-4H3,(H,12,13)(H,14,15). The molecule has 0 aromatic carbocycles. The lowest BCUT2D eigenvalue weighted by molar-refractivity contribution is -0.146. The first-order chi connectivity index (χ1) is 7.40. The number of amides is 1. The van der Waals surface area contributed by atoms with Gasteiger partial charge in [0.1, 0.15) is 0 Å². The van der Waals surface area contributed by atoms with E-state index in [0.29, 0.717) is 6.61 Å². The number of hydrogen-bond donors (Lipinski definition) is 2. The Labute approximate surface area is 96.2 Å². The summed E-state index contributed by atoms with van der Waals surface area (Å²) in [7, 11) is 1.60. The first-order valence-corrected chi connectivity index (χ1v) is 5.42. The molecule has 0 heterocycles. The van der Waals surface area contributed by atoms with Crippen LogP contribution < -0.4 is 5.32 Å². The molecule has 0 spiro atoms. The molecule has 0 aromatic heterocycles. The fourth-order valence-electron chi connectivity index (χ4n) is 1.18. The molecule has 0 rings (SSSR count). The second-order valence-corrected chi connectivity index (χ2v) is 4.11. The van der Waals surface area contributed by atoms with Gasteiger partial charge in [-0.05, 0) is 13.3 Å². The minimum atomic E-state index is -0.952. The van der Waals surface area contributed by atoms with Crippen molar-refractivity contribution in [3.63, 3.8) is 0 Å². The minimum Gasteiger partial charge on any atom is -0.481 e. The summed E-state index contributed by atoms with van der Waals surface area (Å²) < 4.78 is 4.89.